The van der Waals surface area contributed by atoms with Crippen molar-refractivity contribution in [3.63, 3.8) is 0 Å². The lowest BCUT2D eigenvalue weighted by molar-refractivity contribution is 0.0600. The van der Waals surface area contributed by atoms with Gasteiger partial charge in [-0.25, -0.2) is 9.89 Å². The van der Waals surface area contributed by atoms with Crippen molar-refractivity contribution in [1.29, 1.82) is 0 Å². The van der Waals surface area contributed by atoms with E-state index in [1.165, 1.54) is 7.11 Å². The minimum atomic E-state index is -0.405. The first-order chi connectivity index (χ1) is 15.0. The minimum absolute atomic E-state index is 0. The first kappa shape index (κ1) is 22.9. The van der Waals surface area contributed by atoms with E-state index in [1.807, 2.05) is 80.4 Å². The molecule has 2 aromatic heterocycles. The Morgan fingerprint density at radius 2 is 1.72 bits per heavy atom. The van der Waals surface area contributed by atoms with Crippen LogP contribution in [0.5, 0.6) is 0 Å². The van der Waals surface area contributed by atoms with Crippen LogP contribution in [0.2, 0.25) is 0 Å². The van der Waals surface area contributed by atoms with Crippen molar-refractivity contribution in [3.05, 3.63) is 71.5 Å². The fourth-order valence-electron chi connectivity index (χ4n) is 3.65. The molecule has 4 aromatic rings. The number of benzene rings is 2. The Hall–Kier alpha value is -3.78. The number of esters is 1. The summed E-state index contributed by atoms with van der Waals surface area (Å²) in [6.07, 6.45) is 0. The lowest BCUT2D eigenvalue weighted by Crippen LogP contribution is -2.17. The number of ether oxygens (including phenoxy) is 1. The number of nitrogens with one attached hydrogen (secondary N) is 1. The van der Waals surface area contributed by atoms with E-state index in [4.69, 9.17) is 4.74 Å². The molecule has 2 heterocycles. The van der Waals surface area contributed by atoms with Gasteiger partial charge in [0.05, 0.1) is 18.5 Å². The van der Waals surface area contributed by atoms with E-state index in [0.29, 0.717) is 17.1 Å². The maximum absolute atomic E-state index is 12.4. The molecule has 0 aliphatic heterocycles. The number of H-pyrrole nitrogens is 1. The molecule has 0 aliphatic carbocycles. The monoisotopic (exact) mass is 450 g/mol. The van der Waals surface area contributed by atoms with E-state index in [0.717, 1.165) is 33.8 Å². The van der Waals surface area contributed by atoms with Gasteiger partial charge >= 0.3 is 5.97 Å². The highest BCUT2D eigenvalue weighted by Gasteiger charge is 2.20. The number of rotatable bonds is 5. The zero-order chi connectivity index (χ0) is 22.0. The van der Waals surface area contributed by atoms with Crippen LogP contribution in [0.15, 0.2) is 54.6 Å². The number of carbonyl (C=O) groups excluding carboxylic acids is 1. The minimum Gasteiger partial charge on any atom is -0.465 e. The summed E-state index contributed by atoms with van der Waals surface area (Å²) in [7, 11) is 3.30. The van der Waals surface area contributed by atoms with Crippen molar-refractivity contribution >= 4 is 29.8 Å². The zero-order valence-corrected chi connectivity index (χ0v) is 19.0. The number of aryl methyl sites for hydroxylation is 2. The van der Waals surface area contributed by atoms with Gasteiger partial charge in [0.1, 0.15) is 5.56 Å². The normalized spacial score (nSPS) is 10.4. The lowest BCUT2D eigenvalue weighted by atomic mass is 9.99. The second-order valence-electron chi connectivity index (χ2n) is 7.14. The van der Waals surface area contributed by atoms with E-state index in [1.54, 1.807) is 0 Å². The topological polar surface area (TPSA) is 96.9 Å². The first-order valence-corrected chi connectivity index (χ1v) is 9.73. The zero-order valence-electron chi connectivity index (χ0n) is 18.2. The first-order valence-electron chi connectivity index (χ1n) is 9.73. The molecule has 32 heavy (non-hydrogen) atoms. The standard InChI is InChI=1S/C23H22N6O2.ClH/c1-14-13-20(21(15(2)24-14)23(30)31-4)29(3)17-11-9-16(10-12-17)18-7-5-6-8-19(18)22-25-27-28-26-22;/h5-13H,1-4H3,(H,25,26,27,28);1H. The number of aromatic nitrogens is 5. The van der Waals surface area contributed by atoms with Crippen molar-refractivity contribution in [2.24, 2.45) is 0 Å². The number of hydrogen-bond acceptors (Lipinski definition) is 7. The highest BCUT2D eigenvalue weighted by molar-refractivity contribution is 5.98. The summed E-state index contributed by atoms with van der Waals surface area (Å²) in [5.41, 5.74) is 6.57. The molecular weight excluding hydrogens is 428 g/mol. The van der Waals surface area contributed by atoms with Crippen molar-refractivity contribution < 1.29 is 9.53 Å². The van der Waals surface area contributed by atoms with Crippen LogP contribution in [-0.4, -0.2) is 45.7 Å². The molecular formula is C23H23ClN6O2. The molecule has 0 atom stereocenters. The van der Waals surface area contributed by atoms with Crippen molar-refractivity contribution in [2.45, 2.75) is 13.8 Å². The molecule has 164 valence electrons. The number of tetrazole rings is 1. The third-order valence-corrected chi connectivity index (χ3v) is 5.15. The number of pyridine rings is 1. The summed E-state index contributed by atoms with van der Waals surface area (Å²) < 4.78 is 4.98. The van der Waals surface area contributed by atoms with Gasteiger partial charge in [0.2, 0.25) is 0 Å². The van der Waals surface area contributed by atoms with Gasteiger partial charge in [0.25, 0.3) is 0 Å². The van der Waals surface area contributed by atoms with Crippen LogP contribution < -0.4 is 4.90 Å². The van der Waals surface area contributed by atoms with Gasteiger partial charge in [-0.3, -0.25) is 4.98 Å². The molecule has 4 rings (SSSR count). The Bertz CT molecular complexity index is 1230. The van der Waals surface area contributed by atoms with Gasteiger partial charge in [-0.2, -0.15) is 0 Å². The molecule has 0 amide bonds. The largest absolute Gasteiger partial charge is 0.465 e. The van der Waals surface area contributed by atoms with Crippen LogP contribution in [0.4, 0.5) is 11.4 Å². The van der Waals surface area contributed by atoms with Crippen LogP contribution in [0.3, 0.4) is 0 Å². The quantitative estimate of drug-likeness (QED) is 0.446. The number of halogens is 1. The highest BCUT2D eigenvalue weighted by Crippen LogP contribution is 2.33. The molecule has 1 N–H and O–H groups in total. The number of aromatic amines is 1. The Balaban J connectivity index is 0.00000289. The summed E-state index contributed by atoms with van der Waals surface area (Å²) in [5.74, 6) is 0.209. The number of carbonyl (C=O) groups is 1. The molecule has 8 nitrogen and oxygen atoms in total. The lowest BCUT2D eigenvalue weighted by Gasteiger charge is -2.23. The predicted octanol–water partition coefficient (Wildman–Crippen LogP) is 4.52. The number of methoxy groups -OCH3 is 1. The van der Waals surface area contributed by atoms with Crippen molar-refractivity contribution in [3.8, 4) is 22.5 Å². The number of anilines is 2. The predicted molar refractivity (Wildman–Crippen MR) is 125 cm³/mol. The van der Waals surface area contributed by atoms with Gasteiger partial charge in [-0.15, -0.1) is 17.5 Å². The summed E-state index contributed by atoms with van der Waals surface area (Å²) in [6, 6.07) is 17.9. The van der Waals surface area contributed by atoms with E-state index < -0.39 is 5.97 Å². The molecule has 0 saturated carbocycles. The molecule has 0 unspecified atom stereocenters. The second kappa shape index (κ2) is 9.57. The molecule has 2 aromatic carbocycles. The second-order valence-corrected chi connectivity index (χ2v) is 7.14. The Morgan fingerprint density at radius 3 is 2.34 bits per heavy atom. The average molecular weight is 451 g/mol. The van der Waals surface area contributed by atoms with Crippen LogP contribution in [0.25, 0.3) is 22.5 Å². The summed E-state index contributed by atoms with van der Waals surface area (Å²) >= 11 is 0. The maximum atomic E-state index is 12.4. The van der Waals surface area contributed by atoms with Gasteiger partial charge < -0.3 is 9.64 Å². The van der Waals surface area contributed by atoms with Crippen LogP contribution >= 0.6 is 12.4 Å². The molecule has 0 fully saturated rings. The third kappa shape index (κ3) is 4.31. The van der Waals surface area contributed by atoms with Crippen LogP contribution in [0, 0.1) is 13.8 Å². The smallest absolute Gasteiger partial charge is 0.341 e. The summed E-state index contributed by atoms with van der Waals surface area (Å²) in [6.45, 7) is 3.72. The molecule has 0 radical (unpaired) electrons. The van der Waals surface area contributed by atoms with Crippen LogP contribution in [0.1, 0.15) is 21.7 Å². The number of nitrogens with zero attached hydrogens (tertiary/aromatic N) is 5. The fraction of sp³-hybridized carbons (Fsp3) is 0.174. The van der Waals surface area contributed by atoms with Crippen LogP contribution in [-0.2, 0) is 4.74 Å². The van der Waals surface area contributed by atoms with E-state index in [2.05, 4.69) is 25.6 Å². The molecule has 0 bridgehead atoms. The fourth-order valence-corrected chi connectivity index (χ4v) is 3.65. The number of hydrogen-bond donors (Lipinski definition) is 1. The molecule has 0 spiro atoms. The third-order valence-electron chi connectivity index (χ3n) is 5.15. The summed E-state index contributed by atoms with van der Waals surface area (Å²) in [5, 5.41) is 14.2. The van der Waals surface area contributed by atoms with E-state index >= 15 is 0 Å². The van der Waals surface area contributed by atoms with Crippen molar-refractivity contribution in [2.75, 3.05) is 19.1 Å². The Labute approximate surface area is 192 Å². The molecule has 9 heteroatoms. The average Bonchev–Trinajstić information content (AvgIpc) is 3.32. The van der Waals surface area contributed by atoms with E-state index in [-0.39, 0.29) is 12.4 Å². The molecule has 0 saturated heterocycles. The van der Waals surface area contributed by atoms with E-state index in [9.17, 15) is 4.79 Å². The SMILES string of the molecule is COC(=O)c1c(N(C)c2ccc(-c3ccccc3-c3nnn[nH]3)cc2)cc(C)nc1C.Cl. The maximum Gasteiger partial charge on any atom is 0.341 e. The van der Waals surface area contributed by atoms with Gasteiger partial charge in [0.15, 0.2) is 5.82 Å². The van der Waals surface area contributed by atoms with Gasteiger partial charge in [-0.1, -0.05) is 36.4 Å². The highest BCUT2D eigenvalue weighted by atomic mass is 35.5. The Kier molecular flexibility index (Phi) is 6.85. The molecule has 0 aliphatic rings. The van der Waals surface area contributed by atoms with Crippen molar-refractivity contribution in [1.82, 2.24) is 25.6 Å². The van der Waals surface area contributed by atoms with Gasteiger partial charge in [0, 0.05) is 24.0 Å². The Morgan fingerprint density at radius 1 is 1.03 bits per heavy atom. The van der Waals surface area contributed by atoms with Gasteiger partial charge in [-0.05, 0) is 53.6 Å². The summed E-state index contributed by atoms with van der Waals surface area (Å²) in [4.78, 5) is 18.8.